The van der Waals surface area contributed by atoms with Crippen molar-refractivity contribution in [3.8, 4) is 11.5 Å². The van der Waals surface area contributed by atoms with Crippen molar-refractivity contribution in [2.75, 3.05) is 14.2 Å². The molecule has 5 rings (SSSR count). The maximum atomic E-state index is 10.5. The van der Waals surface area contributed by atoms with E-state index >= 15 is 0 Å². The quantitative estimate of drug-likeness (QED) is 0.910. The van der Waals surface area contributed by atoms with Crippen LogP contribution in [0.15, 0.2) is 12.1 Å². The highest BCUT2D eigenvalue weighted by atomic mass is 16.6. The molecule has 0 unspecified atom stereocenters. The van der Waals surface area contributed by atoms with E-state index in [1.807, 2.05) is 13.0 Å². The van der Waals surface area contributed by atoms with Gasteiger partial charge in [0, 0.05) is 17.0 Å². The highest BCUT2D eigenvalue weighted by Crippen LogP contribution is 2.75. The monoisotopic (exact) mass is 346 g/mol. The topological polar surface area (TPSA) is 57.2 Å². The third-order valence-electron chi connectivity index (χ3n) is 7.06. The summed E-state index contributed by atoms with van der Waals surface area (Å²) in [7, 11) is 3.36. The predicted molar refractivity (Wildman–Crippen MR) is 90.9 cm³/mol. The van der Waals surface area contributed by atoms with Gasteiger partial charge in [-0.1, -0.05) is 12.8 Å². The molecule has 1 saturated carbocycles. The van der Waals surface area contributed by atoms with Crippen LogP contribution < -0.4 is 9.47 Å². The number of rotatable bonds is 3. The van der Waals surface area contributed by atoms with Crippen LogP contribution in [-0.2, 0) is 9.47 Å². The Morgan fingerprint density at radius 3 is 2.72 bits per heavy atom. The van der Waals surface area contributed by atoms with Crippen LogP contribution in [0.2, 0.25) is 0 Å². The normalized spacial score (nSPS) is 41.8. The van der Waals surface area contributed by atoms with Crippen molar-refractivity contribution in [2.45, 2.75) is 69.0 Å². The zero-order valence-corrected chi connectivity index (χ0v) is 15.1. The Bertz CT molecular complexity index is 716. The largest absolute Gasteiger partial charge is 0.497 e. The average Bonchev–Trinajstić information content (AvgIpc) is 3.07. The summed E-state index contributed by atoms with van der Waals surface area (Å²) in [4.78, 5) is 0. The zero-order valence-electron chi connectivity index (χ0n) is 15.1. The van der Waals surface area contributed by atoms with Crippen molar-refractivity contribution in [3.05, 3.63) is 23.3 Å². The molecule has 1 aromatic carbocycles. The van der Waals surface area contributed by atoms with Gasteiger partial charge in [0.15, 0.2) is 0 Å². The molecule has 2 aliphatic heterocycles. The number of methoxy groups -OCH3 is 2. The first-order valence-corrected chi connectivity index (χ1v) is 9.33. The Morgan fingerprint density at radius 2 is 2.00 bits per heavy atom. The van der Waals surface area contributed by atoms with Gasteiger partial charge < -0.3 is 24.1 Å². The zero-order chi connectivity index (χ0) is 17.4. The molecule has 5 nitrogen and oxygen atoms in total. The molecule has 0 aromatic heterocycles. The van der Waals surface area contributed by atoms with Gasteiger partial charge in [0.05, 0.1) is 32.5 Å². The van der Waals surface area contributed by atoms with Gasteiger partial charge in [0.1, 0.15) is 23.2 Å². The number of ether oxygens (including phenoxy) is 4. The number of aliphatic hydroxyl groups excluding tert-OH is 1. The maximum absolute atomic E-state index is 10.5. The van der Waals surface area contributed by atoms with Gasteiger partial charge in [0.2, 0.25) is 0 Å². The van der Waals surface area contributed by atoms with Gasteiger partial charge in [-0.25, -0.2) is 0 Å². The van der Waals surface area contributed by atoms with E-state index in [2.05, 4.69) is 6.07 Å². The minimum Gasteiger partial charge on any atom is -0.497 e. The van der Waals surface area contributed by atoms with Crippen LogP contribution >= 0.6 is 0 Å². The Morgan fingerprint density at radius 1 is 1.20 bits per heavy atom. The van der Waals surface area contributed by atoms with Crippen LogP contribution in [0.1, 0.15) is 62.4 Å². The number of fused-ring (bicyclic) bond motifs is 4. The van der Waals surface area contributed by atoms with E-state index in [1.54, 1.807) is 14.2 Å². The SMILES string of the molecule is COc1cc(OC)c2c(c1)[C@H]1O[C@@H]([C@H](C)O)[C@]34CCCC[C@]13C[C@H]2O4. The van der Waals surface area contributed by atoms with Crippen molar-refractivity contribution in [2.24, 2.45) is 5.41 Å². The second-order valence-corrected chi connectivity index (χ2v) is 8.07. The van der Waals surface area contributed by atoms with Crippen molar-refractivity contribution >= 4 is 0 Å². The molecule has 4 aliphatic rings. The Labute approximate surface area is 148 Å². The van der Waals surface area contributed by atoms with Crippen LogP contribution in [-0.4, -0.2) is 37.1 Å². The van der Waals surface area contributed by atoms with Crippen molar-refractivity contribution in [1.29, 1.82) is 0 Å². The number of hydrogen-bond donors (Lipinski definition) is 1. The second-order valence-electron chi connectivity index (χ2n) is 8.07. The first-order valence-electron chi connectivity index (χ1n) is 9.33. The Kier molecular flexibility index (Phi) is 3.26. The summed E-state index contributed by atoms with van der Waals surface area (Å²) in [6.07, 6.45) is 4.46. The number of hydrogen-bond acceptors (Lipinski definition) is 5. The lowest BCUT2D eigenvalue weighted by Crippen LogP contribution is -2.54. The van der Waals surface area contributed by atoms with E-state index in [1.165, 1.54) is 6.42 Å². The van der Waals surface area contributed by atoms with E-state index in [0.29, 0.717) is 0 Å². The third kappa shape index (κ3) is 1.74. The molecule has 2 bridgehead atoms. The summed E-state index contributed by atoms with van der Waals surface area (Å²) in [5.41, 5.74) is 1.81. The molecule has 25 heavy (non-hydrogen) atoms. The molecule has 1 aromatic rings. The predicted octanol–water partition coefficient (Wildman–Crippen LogP) is 3.30. The Hall–Kier alpha value is -1.30. The number of benzene rings is 1. The molecule has 5 heteroatoms. The summed E-state index contributed by atoms with van der Waals surface area (Å²) in [5, 5.41) is 10.5. The molecule has 1 N–H and O–H groups in total. The van der Waals surface area contributed by atoms with E-state index in [4.69, 9.17) is 18.9 Å². The summed E-state index contributed by atoms with van der Waals surface area (Å²) in [5.74, 6) is 1.59. The second kappa shape index (κ2) is 5.12. The molecule has 2 heterocycles. The smallest absolute Gasteiger partial charge is 0.128 e. The van der Waals surface area contributed by atoms with Gasteiger partial charge in [-0.3, -0.25) is 0 Å². The maximum Gasteiger partial charge on any atom is 0.128 e. The summed E-state index contributed by atoms with van der Waals surface area (Å²) in [6.45, 7) is 1.83. The summed E-state index contributed by atoms with van der Waals surface area (Å²) in [6, 6.07) is 4.01. The van der Waals surface area contributed by atoms with Gasteiger partial charge in [-0.05, 0) is 37.8 Å². The molecule has 6 atom stereocenters. The van der Waals surface area contributed by atoms with E-state index < -0.39 is 6.10 Å². The fourth-order valence-electron chi connectivity index (χ4n) is 6.21. The van der Waals surface area contributed by atoms with E-state index in [9.17, 15) is 5.11 Å². The standard InChI is InChI=1S/C20H26O5/c1-11(21)17-20-7-5-4-6-19(20)10-15(25-20)16-13(18(19)24-17)8-12(22-2)9-14(16)23-3/h8-9,11,15,17-18,21H,4-7,10H2,1-3H3/t11-,15+,17-,18+,19-,20+/m0/s1. The van der Waals surface area contributed by atoms with Crippen LogP contribution in [0.3, 0.4) is 0 Å². The molecule has 3 fully saturated rings. The lowest BCUT2D eigenvalue weighted by molar-refractivity contribution is -0.157. The Balaban J connectivity index is 1.74. The molecule has 2 aliphatic carbocycles. The molecule has 136 valence electrons. The minimum absolute atomic E-state index is 0.00959. The van der Waals surface area contributed by atoms with Crippen LogP contribution in [0.5, 0.6) is 11.5 Å². The first-order chi connectivity index (χ1) is 12.1. The summed E-state index contributed by atoms with van der Waals surface area (Å²) >= 11 is 0. The first kappa shape index (κ1) is 15.9. The van der Waals surface area contributed by atoms with Crippen LogP contribution in [0.4, 0.5) is 0 Å². The highest BCUT2D eigenvalue weighted by molar-refractivity contribution is 5.53. The van der Waals surface area contributed by atoms with Crippen LogP contribution in [0.25, 0.3) is 0 Å². The van der Waals surface area contributed by atoms with E-state index in [0.717, 1.165) is 48.3 Å². The fourth-order valence-corrected chi connectivity index (χ4v) is 6.21. The highest BCUT2D eigenvalue weighted by Gasteiger charge is 2.75. The fraction of sp³-hybridized carbons (Fsp3) is 0.700. The van der Waals surface area contributed by atoms with Gasteiger partial charge in [-0.2, -0.15) is 0 Å². The van der Waals surface area contributed by atoms with Gasteiger partial charge >= 0.3 is 0 Å². The molecule has 0 radical (unpaired) electrons. The minimum atomic E-state index is -0.546. The number of aliphatic hydroxyl groups is 1. The van der Waals surface area contributed by atoms with E-state index in [-0.39, 0.29) is 29.3 Å². The molecule has 1 spiro atoms. The lowest BCUT2D eigenvalue weighted by atomic mass is 9.56. The molecular weight excluding hydrogens is 320 g/mol. The van der Waals surface area contributed by atoms with Crippen molar-refractivity contribution < 1.29 is 24.1 Å². The third-order valence-corrected chi connectivity index (χ3v) is 7.06. The van der Waals surface area contributed by atoms with Gasteiger partial charge in [0.25, 0.3) is 0 Å². The molecule has 0 amide bonds. The average molecular weight is 346 g/mol. The lowest BCUT2D eigenvalue weighted by Gasteiger charge is -2.46. The van der Waals surface area contributed by atoms with Crippen molar-refractivity contribution in [3.63, 3.8) is 0 Å². The van der Waals surface area contributed by atoms with Gasteiger partial charge in [-0.15, -0.1) is 0 Å². The summed E-state index contributed by atoms with van der Waals surface area (Å²) < 4.78 is 24.5. The van der Waals surface area contributed by atoms with Crippen LogP contribution in [0, 0.1) is 5.41 Å². The molecule has 2 saturated heterocycles. The molecular formula is C20H26O5. The van der Waals surface area contributed by atoms with Crippen molar-refractivity contribution in [1.82, 2.24) is 0 Å².